The molecule has 2 N–H and O–H groups in total. The van der Waals surface area contributed by atoms with Gasteiger partial charge in [0.15, 0.2) is 17.5 Å². The number of phenolic OH excluding ortho intramolecular Hbond substituents is 1. The van der Waals surface area contributed by atoms with Crippen LogP contribution in [-0.4, -0.2) is 34.8 Å². The molecule has 33 heavy (non-hydrogen) atoms. The number of benzene rings is 2. The minimum absolute atomic E-state index is 0.00558. The predicted molar refractivity (Wildman–Crippen MR) is 124 cm³/mol. The average Bonchev–Trinajstić information content (AvgIpc) is 3.13. The van der Waals surface area contributed by atoms with Gasteiger partial charge in [0.2, 0.25) is 0 Å². The SMILES string of the molecule is CO[C@@H]1c2c(c(C(=O)CC(C)C)c(O)c3c(-c4ccccc4)cc(=O)oc23)OC1C(C)(C)O. The quantitative estimate of drug-likeness (QED) is 0.415. The number of Topliss-reactive ketones (excluding diaryl/α,β-unsaturated/α-hetero) is 1. The maximum Gasteiger partial charge on any atom is 0.336 e. The van der Waals surface area contributed by atoms with Gasteiger partial charge in [-0.25, -0.2) is 4.79 Å². The summed E-state index contributed by atoms with van der Waals surface area (Å²) in [6, 6.07) is 10.4. The van der Waals surface area contributed by atoms with E-state index in [-0.39, 0.29) is 46.2 Å². The van der Waals surface area contributed by atoms with E-state index in [9.17, 15) is 19.8 Å². The Hall–Kier alpha value is -3.16. The van der Waals surface area contributed by atoms with Crippen LogP contribution in [0.4, 0.5) is 0 Å². The predicted octanol–water partition coefficient (Wildman–Crippen LogP) is 4.61. The molecule has 2 aromatic carbocycles. The molecule has 4 rings (SSSR count). The van der Waals surface area contributed by atoms with Crippen molar-refractivity contribution in [2.24, 2.45) is 5.92 Å². The van der Waals surface area contributed by atoms with E-state index in [4.69, 9.17) is 13.9 Å². The Labute approximate surface area is 191 Å². The van der Waals surface area contributed by atoms with Crippen molar-refractivity contribution in [2.75, 3.05) is 7.11 Å². The Balaban J connectivity index is 2.15. The molecule has 0 aliphatic carbocycles. The largest absolute Gasteiger partial charge is 0.506 e. The van der Waals surface area contributed by atoms with Gasteiger partial charge >= 0.3 is 5.63 Å². The molecule has 0 saturated carbocycles. The lowest BCUT2D eigenvalue weighted by Crippen LogP contribution is -2.42. The first-order chi connectivity index (χ1) is 15.5. The number of rotatable bonds is 6. The summed E-state index contributed by atoms with van der Waals surface area (Å²) in [5, 5.41) is 22.4. The summed E-state index contributed by atoms with van der Waals surface area (Å²) in [7, 11) is 1.45. The molecule has 1 unspecified atom stereocenters. The van der Waals surface area contributed by atoms with Crippen LogP contribution >= 0.6 is 0 Å². The third-order valence-electron chi connectivity index (χ3n) is 5.86. The lowest BCUT2D eigenvalue weighted by Gasteiger charge is -2.29. The summed E-state index contributed by atoms with van der Waals surface area (Å²) in [6.07, 6.45) is -1.54. The van der Waals surface area contributed by atoms with Gasteiger partial charge in [-0.3, -0.25) is 4.79 Å². The fraction of sp³-hybridized carbons (Fsp3) is 0.385. The Bertz CT molecular complexity index is 1270. The second-order valence-corrected chi connectivity index (χ2v) is 9.39. The van der Waals surface area contributed by atoms with Crippen molar-refractivity contribution >= 4 is 16.8 Å². The maximum atomic E-state index is 13.3. The van der Waals surface area contributed by atoms with Gasteiger partial charge in [0, 0.05) is 25.2 Å². The van der Waals surface area contributed by atoms with Crippen LogP contribution in [0.1, 0.15) is 56.1 Å². The van der Waals surface area contributed by atoms with E-state index in [2.05, 4.69) is 0 Å². The summed E-state index contributed by atoms with van der Waals surface area (Å²) < 4.78 is 17.3. The Morgan fingerprint density at radius 2 is 1.88 bits per heavy atom. The van der Waals surface area contributed by atoms with Gasteiger partial charge in [-0.15, -0.1) is 0 Å². The number of phenols is 1. The van der Waals surface area contributed by atoms with Gasteiger partial charge in [-0.2, -0.15) is 0 Å². The molecule has 174 valence electrons. The third-order valence-corrected chi connectivity index (χ3v) is 5.86. The first-order valence-corrected chi connectivity index (χ1v) is 10.9. The Morgan fingerprint density at radius 3 is 2.45 bits per heavy atom. The van der Waals surface area contributed by atoms with Crippen LogP contribution in [0, 0.1) is 5.92 Å². The van der Waals surface area contributed by atoms with Crippen molar-refractivity contribution in [1.82, 2.24) is 0 Å². The number of hydrogen-bond donors (Lipinski definition) is 2. The highest BCUT2D eigenvalue weighted by Gasteiger charge is 2.48. The molecule has 0 fully saturated rings. The number of aliphatic hydroxyl groups is 1. The fourth-order valence-corrected chi connectivity index (χ4v) is 4.44. The van der Waals surface area contributed by atoms with Crippen molar-refractivity contribution < 1.29 is 28.9 Å². The molecule has 0 spiro atoms. The fourth-order valence-electron chi connectivity index (χ4n) is 4.44. The molecular weight excluding hydrogens is 424 g/mol. The number of carbonyl (C=O) groups is 1. The highest BCUT2D eigenvalue weighted by Crippen LogP contribution is 2.53. The zero-order chi connectivity index (χ0) is 24.1. The molecule has 7 nitrogen and oxygen atoms in total. The van der Waals surface area contributed by atoms with Gasteiger partial charge in [0.25, 0.3) is 0 Å². The summed E-state index contributed by atoms with van der Waals surface area (Å²) in [6.45, 7) is 6.95. The summed E-state index contributed by atoms with van der Waals surface area (Å²) in [5.74, 6) is -0.506. The van der Waals surface area contributed by atoms with Crippen molar-refractivity contribution in [1.29, 1.82) is 0 Å². The number of aromatic hydroxyl groups is 1. The van der Waals surface area contributed by atoms with Crippen LogP contribution in [0.2, 0.25) is 0 Å². The summed E-state index contributed by atoms with van der Waals surface area (Å²) in [5.41, 5.74) is -0.441. The van der Waals surface area contributed by atoms with Crippen molar-refractivity contribution in [3.8, 4) is 22.6 Å². The molecule has 2 heterocycles. The summed E-state index contributed by atoms with van der Waals surface area (Å²) >= 11 is 0. The van der Waals surface area contributed by atoms with E-state index in [0.29, 0.717) is 16.7 Å². The number of ketones is 1. The van der Waals surface area contributed by atoms with Crippen LogP contribution in [0.25, 0.3) is 22.1 Å². The van der Waals surface area contributed by atoms with Crippen molar-refractivity contribution in [3.05, 3.63) is 57.9 Å². The van der Waals surface area contributed by atoms with E-state index in [1.165, 1.54) is 13.2 Å². The standard InChI is InChI=1S/C26H28O7/c1-13(2)11-16(27)19-21(29)18-15(14-9-7-6-8-10-14)12-17(28)32-22(18)20-23(19)33-25(24(20)31-5)26(3,4)30/h6-10,12-13,24-25,29-30H,11H2,1-5H3/t24-,25?/m1/s1. The van der Waals surface area contributed by atoms with Gasteiger partial charge in [0.05, 0.1) is 16.6 Å². The molecule has 0 radical (unpaired) electrons. The van der Waals surface area contributed by atoms with Crippen molar-refractivity contribution in [3.63, 3.8) is 0 Å². The Morgan fingerprint density at radius 1 is 1.21 bits per heavy atom. The number of hydrogen-bond acceptors (Lipinski definition) is 7. The third kappa shape index (κ3) is 3.92. The van der Waals surface area contributed by atoms with Crippen LogP contribution in [0.3, 0.4) is 0 Å². The van der Waals surface area contributed by atoms with Gasteiger partial charge in [-0.05, 0) is 25.3 Å². The van der Waals surface area contributed by atoms with E-state index in [1.54, 1.807) is 26.0 Å². The molecule has 0 saturated heterocycles. The minimum Gasteiger partial charge on any atom is -0.506 e. The second-order valence-electron chi connectivity index (χ2n) is 9.39. The molecule has 7 heteroatoms. The van der Waals surface area contributed by atoms with Gasteiger partial charge in [-0.1, -0.05) is 44.2 Å². The zero-order valence-corrected chi connectivity index (χ0v) is 19.3. The number of ether oxygens (including phenoxy) is 2. The lowest BCUT2D eigenvalue weighted by atomic mass is 9.89. The minimum atomic E-state index is -1.35. The molecule has 1 aliphatic rings. The number of carbonyl (C=O) groups excluding carboxylic acids is 1. The van der Waals surface area contributed by atoms with E-state index in [1.807, 2.05) is 32.0 Å². The topological polar surface area (TPSA) is 106 Å². The molecule has 1 aliphatic heterocycles. The van der Waals surface area contributed by atoms with E-state index >= 15 is 0 Å². The molecular formula is C26H28O7. The average molecular weight is 453 g/mol. The van der Waals surface area contributed by atoms with Crippen LogP contribution in [0.5, 0.6) is 11.5 Å². The molecule has 3 aromatic rings. The smallest absolute Gasteiger partial charge is 0.336 e. The van der Waals surface area contributed by atoms with Crippen LogP contribution in [0.15, 0.2) is 45.6 Å². The van der Waals surface area contributed by atoms with Gasteiger partial charge < -0.3 is 24.1 Å². The summed E-state index contributed by atoms with van der Waals surface area (Å²) in [4.78, 5) is 25.9. The number of methoxy groups -OCH3 is 1. The lowest BCUT2D eigenvalue weighted by molar-refractivity contribution is -0.0882. The molecule has 0 bridgehead atoms. The zero-order valence-electron chi connectivity index (χ0n) is 19.3. The normalized spacial score (nSPS) is 17.9. The molecule has 1 aromatic heterocycles. The second kappa shape index (κ2) is 8.32. The van der Waals surface area contributed by atoms with Crippen LogP contribution < -0.4 is 10.4 Å². The van der Waals surface area contributed by atoms with Gasteiger partial charge in [0.1, 0.15) is 23.2 Å². The maximum absolute atomic E-state index is 13.3. The van der Waals surface area contributed by atoms with E-state index in [0.717, 1.165) is 0 Å². The van der Waals surface area contributed by atoms with Crippen LogP contribution in [-0.2, 0) is 4.74 Å². The van der Waals surface area contributed by atoms with Crippen molar-refractivity contribution in [2.45, 2.75) is 51.9 Å². The Kier molecular flexibility index (Phi) is 5.80. The highest BCUT2D eigenvalue weighted by atomic mass is 16.6. The first-order valence-electron chi connectivity index (χ1n) is 10.9. The first kappa shape index (κ1) is 23.0. The number of fused-ring (bicyclic) bond motifs is 3. The monoisotopic (exact) mass is 452 g/mol. The highest BCUT2D eigenvalue weighted by molar-refractivity contribution is 6.11. The molecule has 0 amide bonds. The molecule has 2 atom stereocenters. The van der Waals surface area contributed by atoms with E-state index < -0.39 is 23.4 Å².